The molecule has 1 aliphatic heterocycles. The fraction of sp³-hybridized carbons (Fsp3) is 0.889. The molecule has 2 aliphatic carbocycles. The number of carbonyl (C=O) groups excluding carboxylic acids is 1. The smallest absolute Gasteiger partial charge is 0.222 e. The van der Waals surface area contributed by atoms with Crippen molar-refractivity contribution >= 4 is 35.8 Å². The van der Waals surface area contributed by atoms with Crippen LogP contribution in [-0.2, 0) is 9.53 Å². The highest BCUT2D eigenvalue weighted by Crippen LogP contribution is 2.57. The normalized spacial score (nSPS) is 30.3. The minimum Gasteiger partial charge on any atom is -0.378 e. The van der Waals surface area contributed by atoms with Crippen LogP contribution in [0, 0.1) is 5.41 Å². The lowest BCUT2D eigenvalue weighted by molar-refractivity contribution is -0.168. The lowest BCUT2D eigenvalue weighted by Crippen LogP contribution is -2.69. The molecule has 7 heteroatoms. The first-order valence-corrected chi connectivity index (χ1v) is 9.52. The zero-order valence-electron chi connectivity index (χ0n) is 15.7. The number of aliphatic imine (C=N–C) groups is 1. The number of nitrogens with zero attached hydrogens (tertiary/aromatic N) is 2. The summed E-state index contributed by atoms with van der Waals surface area (Å²) in [5.41, 5.74) is 0.327. The molecule has 6 nitrogen and oxygen atoms in total. The summed E-state index contributed by atoms with van der Waals surface area (Å²) in [6.07, 6.45) is 6.89. The molecule has 0 aromatic heterocycles. The number of halogens is 1. The molecular formula is C18H33IN4O2. The largest absolute Gasteiger partial charge is 0.378 e. The van der Waals surface area contributed by atoms with Gasteiger partial charge in [0.25, 0.3) is 0 Å². The Morgan fingerprint density at radius 1 is 1.32 bits per heavy atom. The Hall–Kier alpha value is -0.570. The number of amides is 1. The Kier molecular flexibility index (Phi) is 7.37. The standard InChI is InChI=1S/C18H32N4O2.HI/c1-4-16(23)22-10-7-13(12-22)20-17(19-3)21-14-11-15(24-5-2)18(14)8-6-9-18;/h13-15H,4-12H2,1-3H3,(H2,19,20,21);1H. The average molecular weight is 464 g/mol. The van der Waals surface area contributed by atoms with Gasteiger partial charge in [-0.25, -0.2) is 0 Å². The van der Waals surface area contributed by atoms with Crippen molar-refractivity contribution in [2.75, 3.05) is 26.7 Å². The average Bonchev–Trinajstić information content (AvgIpc) is 2.98. The first-order chi connectivity index (χ1) is 11.6. The molecule has 1 amide bonds. The number of nitrogens with one attached hydrogen (secondary N) is 2. The second-order valence-corrected chi connectivity index (χ2v) is 7.36. The van der Waals surface area contributed by atoms with Crippen LogP contribution in [0.15, 0.2) is 4.99 Å². The summed E-state index contributed by atoms with van der Waals surface area (Å²) in [7, 11) is 1.82. The van der Waals surface area contributed by atoms with Crippen molar-refractivity contribution in [1.82, 2.24) is 15.5 Å². The highest BCUT2D eigenvalue weighted by atomic mass is 127. The molecule has 2 N–H and O–H groups in total. The van der Waals surface area contributed by atoms with Crippen molar-refractivity contribution in [3.8, 4) is 0 Å². The highest BCUT2D eigenvalue weighted by Gasteiger charge is 2.59. The SMILES string of the molecule is CCOC1CC(NC(=NC)NC2CCN(C(=O)CC)C2)C12CCC2.I. The van der Waals surface area contributed by atoms with E-state index in [1.807, 2.05) is 18.9 Å². The Balaban J connectivity index is 0.00000225. The molecule has 0 bridgehead atoms. The van der Waals surface area contributed by atoms with Crippen LogP contribution in [0.5, 0.6) is 0 Å². The van der Waals surface area contributed by atoms with Crippen molar-refractivity contribution in [3.05, 3.63) is 0 Å². The van der Waals surface area contributed by atoms with Gasteiger partial charge < -0.3 is 20.3 Å². The van der Waals surface area contributed by atoms with E-state index in [1.165, 1.54) is 19.3 Å². The van der Waals surface area contributed by atoms with Gasteiger partial charge in [-0.1, -0.05) is 13.3 Å². The molecule has 3 aliphatic rings. The summed E-state index contributed by atoms with van der Waals surface area (Å²) < 4.78 is 5.92. The quantitative estimate of drug-likeness (QED) is 0.372. The maximum atomic E-state index is 11.8. The monoisotopic (exact) mass is 464 g/mol. The van der Waals surface area contributed by atoms with Crippen LogP contribution in [0.1, 0.15) is 52.4 Å². The topological polar surface area (TPSA) is 66.0 Å². The summed E-state index contributed by atoms with van der Waals surface area (Å²) in [4.78, 5) is 18.2. The molecule has 1 heterocycles. The lowest BCUT2D eigenvalue weighted by atomic mass is 9.51. The van der Waals surface area contributed by atoms with Crippen molar-refractivity contribution < 1.29 is 9.53 Å². The van der Waals surface area contributed by atoms with Crippen LogP contribution >= 0.6 is 24.0 Å². The predicted octanol–water partition coefficient (Wildman–Crippen LogP) is 2.13. The van der Waals surface area contributed by atoms with E-state index in [4.69, 9.17) is 4.74 Å². The third-order valence-corrected chi connectivity index (χ3v) is 6.16. The van der Waals surface area contributed by atoms with E-state index in [0.717, 1.165) is 38.5 Å². The Labute approximate surface area is 168 Å². The maximum absolute atomic E-state index is 11.8. The number of hydrogen-bond acceptors (Lipinski definition) is 3. The number of hydrogen-bond donors (Lipinski definition) is 2. The van der Waals surface area contributed by atoms with Crippen LogP contribution in [0.2, 0.25) is 0 Å². The molecule has 0 radical (unpaired) electrons. The number of rotatable bonds is 5. The first-order valence-electron chi connectivity index (χ1n) is 9.52. The van der Waals surface area contributed by atoms with Crippen molar-refractivity contribution in [3.63, 3.8) is 0 Å². The zero-order valence-corrected chi connectivity index (χ0v) is 18.0. The number of likely N-dealkylation sites (tertiary alicyclic amines) is 1. The fourth-order valence-corrected chi connectivity index (χ4v) is 4.50. The molecule has 3 rings (SSSR count). The van der Waals surface area contributed by atoms with Crippen LogP contribution < -0.4 is 10.6 Å². The second kappa shape index (κ2) is 8.88. The minimum atomic E-state index is 0. The summed E-state index contributed by atoms with van der Waals surface area (Å²) in [5.74, 6) is 1.12. The maximum Gasteiger partial charge on any atom is 0.222 e. The molecule has 144 valence electrons. The van der Waals surface area contributed by atoms with Crippen molar-refractivity contribution in [2.45, 2.75) is 70.6 Å². The van der Waals surface area contributed by atoms with Crippen LogP contribution in [0.4, 0.5) is 0 Å². The molecule has 2 saturated carbocycles. The molecule has 3 fully saturated rings. The van der Waals surface area contributed by atoms with Gasteiger partial charge in [-0.3, -0.25) is 9.79 Å². The van der Waals surface area contributed by atoms with Crippen molar-refractivity contribution in [2.24, 2.45) is 10.4 Å². The summed E-state index contributed by atoms with van der Waals surface area (Å²) in [6, 6.07) is 0.760. The van der Waals surface area contributed by atoms with Gasteiger partial charge in [0.2, 0.25) is 5.91 Å². The van der Waals surface area contributed by atoms with E-state index in [-0.39, 0.29) is 29.9 Å². The van der Waals surface area contributed by atoms with Crippen LogP contribution in [0.25, 0.3) is 0 Å². The van der Waals surface area contributed by atoms with Gasteiger partial charge in [0.15, 0.2) is 5.96 Å². The minimum absolute atomic E-state index is 0. The Bertz CT molecular complexity index is 495. The summed E-state index contributed by atoms with van der Waals surface area (Å²) in [6.45, 7) is 6.44. The Morgan fingerprint density at radius 2 is 2.08 bits per heavy atom. The van der Waals surface area contributed by atoms with E-state index < -0.39 is 0 Å². The molecule has 25 heavy (non-hydrogen) atoms. The molecule has 1 spiro atoms. The van der Waals surface area contributed by atoms with Gasteiger partial charge in [0.1, 0.15) is 0 Å². The van der Waals surface area contributed by atoms with E-state index in [0.29, 0.717) is 30.0 Å². The van der Waals surface area contributed by atoms with E-state index >= 15 is 0 Å². The second-order valence-electron chi connectivity index (χ2n) is 7.36. The van der Waals surface area contributed by atoms with E-state index in [9.17, 15) is 4.79 Å². The Morgan fingerprint density at radius 3 is 2.64 bits per heavy atom. The zero-order chi connectivity index (χ0) is 17.2. The van der Waals surface area contributed by atoms with Gasteiger partial charge >= 0.3 is 0 Å². The highest BCUT2D eigenvalue weighted by molar-refractivity contribution is 14.0. The fourth-order valence-electron chi connectivity index (χ4n) is 4.50. The van der Waals surface area contributed by atoms with Crippen LogP contribution in [-0.4, -0.2) is 61.7 Å². The van der Waals surface area contributed by atoms with Gasteiger partial charge in [-0.05, 0) is 32.6 Å². The third kappa shape index (κ3) is 4.07. The van der Waals surface area contributed by atoms with Crippen molar-refractivity contribution in [1.29, 1.82) is 0 Å². The lowest BCUT2D eigenvalue weighted by Gasteiger charge is -2.61. The molecule has 1 saturated heterocycles. The van der Waals surface area contributed by atoms with Gasteiger partial charge in [-0.15, -0.1) is 24.0 Å². The summed E-state index contributed by atoms with van der Waals surface area (Å²) >= 11 is 0. The first kappa shape index (κ1) is 20.7. The molecular weight excluding hydrogens is 431 g/mol. The third-order valence-electron chi connectivity index (χ3n) is 6.16. The number of guanidine groups is 1. The molecule has 0 aromatic carbocycles. The van der Waals surface area contributed by atoms with Gasteiger partial charge in [0.05, 0.1) is 6.10 Å². The summed E-state index contributed by atoms with van der Waals surface area (Å²) in [5, 5.41) is 7.14. The molecule has 0 aromatic rings. The van der Waals surface area contributed by atoms with E-state index in [1.54, 1.807) is 0 Å². The van der Waals surface area contributed by atoms with Crippen LogP contribution in [0.3, 0.4) is 0 Å². The van der Waals surface area contributed by atoms with E-state index in [2.05, 4.69) is 22.5 Å². The molecule has 3 unspecified atom stereocenters. The number of carbonyl (C=O) groups is 1. The van der Waals surface area contributed by atoms with Gasteiger partial charge in [-0.2, -0.15) is 0 Å². The molecule has 3 atom stereocenters. The predicted molar refractivity (Wildman–Crippen MR) is 110 cm³/mol. The van der Waals surface area contributed by atoms with Gasteiger partial charge in [0, 0.05) is 50.7 Å². The number of ether oxygens (including phenoxy) is 1.